The van der Waals surface area contributed by atoms with Crippen LogP contribution in [0.5, 0.6) is 0 Å². The number of nitrogens with one attached hydrogen (secondary N) is 2. The molecule has 6 heterocycles. The summed E-state index contributed by atoms with van der Waals surface area (Å²) in [4.78, 5) is 44.4. The average Bonchev–Trinajstić information content (AvgIpc) is 4.10. The van der Waals surface area contributed by atoms with Crippen molar-refractivity contribution in [2.24, 2.45) is 0 Å². The topological polar surface area (TPSA) is 186 Å². The van der Waals surface area contributed by atoms with Gasteiger partial charge in [0.05, 0.1) is 47.2 Å². The molecule has 0 atom stereocenters. The number of rotatable bonds is 11. The van der Waals surface area contributed by atoms with Gasteiger partial charge in [0.15, 0.2) is 5.01 Å². The minimum absolute atomic E-state index is 0.183. The molecule has 14 nitrogen and oxygen atoms in total. The number of anilines is 1. The number of hydrogen-bond donors (Lipinski definition) is 2. The molecule has 308 valence electrons. The van der Waals surface area contributed by atoms with Crippen molar-refractivity contribution in [2.45, 2.75) is 45.5 Å². The molecule has 0 radical (unpaired) electrons. The van der Waals surface area contributed by atoms with E-state index in [2.05, 4.69) is 35.5 Å². The van der Waals surface area contributed by atoms with Crippen LogP contribution in [0.4, 0.5) is 5.69 Å². The predicted molar refractivity (Wildman–Crippen MR) is 231 cm³/mol. The summed E-state index contributed by atoms with van der Waals surface area (Å²) in [5.41, 5.74) is 4.45. The van der Waals surface area contributed by atoms with Crippen LogP contribution in [0.1, 0.15) is 44.1 Å². The second-order valence-electron chi connectivity index (χ2n) is 14.0. The SMILES string of the molecule is O=C(NCc1ccc(S(=O)(=O)c2ccccc2)cc1)c1nc2ccncc2s1.O=C(NCc1ccc(S(=O)(=O)c2cncc(N3CCCC3)c2)cc1)c1ccc2nccn2c1. The zero-order valence-corrected chi connectivity index (χ0v) is 34.9. The first kappa shape index (κ1) is 40.9. The Balaban J connectivity index is 0.000000171. The summed E-state index contributed by atoms with van der Waals surface area (Å²) in [7, 11) is -7.23. The van der Waals surface area contributed by atoms with Gasteiger partial charge in [0, 0.05) is 63.4 Å². The molecule has 2 N–H and O–H groups in total. The minimum atomic E-state index is -3.68. The molecule has 0 bridgehead atoms. The van der Waals surface area contributed by atoms with Crippen LogP contribution >= 0.6 is 11.3 Å². The van der Waals surface area contributed by atoms with E-state index in [4.69, 9.17) is 0 Å². The van der Waals surface area contributed by atoms with Crippen LogP contribution in [0.3, 0.4) is 0 Å². The second-order valence-corrected chi connectivity index (χ2v) is 18.9. The summed E-state index contributed by atoms with van der Waals surface area (Å²) in [5.74, 6) is -0.491. The fourth-order valence-electron chi connectivity index (χ4n) is 6.62. The number of aromatic nitrogens is 5. The molecule has 17 heteroatoms. The second kappa shape index (κ2) is 17.8. The maximum atomic E-state index is 13.1. The summed E-state index contributed by atoms with van der Waals surface area (Å²) in [6, 6.07) is 28.3. The Morgan fingerprint density at radius 2 is 1.30 bits per heavy atom. The summed E-state index contributed by atoms with van der Waals surface area (Å²) >= 11 is 1.28. The van der Waals surface area contributed by atoms with E-state index in [1.54, 1.807) is 145 Å². The molecule has 1 saturated heterocycles. The van der Waals surface area contributed by atoms with Gasteiger partial charge in [-0.05, 0) is 84.6 Å². The van der Waals surface area contributed by atoms with Gasteiger partial charge < -0.3 is 19.9 Å². The van der Waals surface area contributed by atoms with Crippen molar-refractivity contribution < 1.29 is 26.4 Å². The lowest BCUT2D eigenvalue weighted by Crippen LogP contribution is -2.23. The number of carbonyl (C=O) groups is 2. The van der Waals surface area contributed by atoms with Gasteiger partial charge in [-0.25, -0.2) is 26.8 Å². The Bertz CT molecular complexity index is 3030. The van der Waals surface area contributed by atoms with Crippen molar-refractivity contribution >= 4 is 64.4 Å². The molecule has 1 aliphatic rings. The van der Waals surface area contributed by atoms with Crippen molar-refractivity contribution in [2.75, 3.05) is 18.0 Å². The molecule has 0 saturated carbocycles. The van der Waals surface area contributed by atoms with Crippen molar-refractivity contribution in [1.29, 1.82) is 0 Å². The molecule has 0 unspecified atom stereocenters. The Hall–Kier alpha value is -6.82. The molecule has 3 aromatic carbocycles. The molecule has 9 rings (SSSR count). The Kier molecular flexibility index (Phi) is 11.9. The van der Waals surface area contributed by atoms with Crippen LogP contribution in [-0.2, 0) is 32.8 Å². The highest BCUT2D eigenvalue weighted by Gasteiger charge is 2.22. The minimum Gasteiger partial charge on any atom is -0.370 e. The molecular weight excluding hydrogens is 833 g/mol. The highest BCUT2D eigenvalue weighted by Crippen LogP contribution is 2.27. The smallest absolute Gasteiger partial charge is 0.280 e. The zero-order valence-electron chi connectivity index (χ0n) is 32.5. The number of thiazole rings is 1. The zero-order chi connectivity index (χ0) is 42.4. The van der Waals surface area contributed by atoms with E-state index in [0.717, 1.165) is 58.6 Å². The van der Waals surface area contributed by atoms with Gasteiger partial charge in [-0.3, -0.25) is 19.6 Å². The summed E-state index contributed by atoms with van der Waals surface area (Å²) in [5, 5.41) is 6.04. The van der Waals surface area contributed by atoms with Crippen LogP contribution in [0.15, 0.2) is 166 Å². The fraction of sp³-hybridized carbons (Fsp3) is 0.136. The van der Waals surface area contributed by atoms with Crippen LogP contribution in [-0.4, -0.2) is 66.1 Å². The molecule has 0 spiro atoms. The number of imidazole rings is 1. The van der Waals surface area contributed by atoms with Gasteiger partial charge in [0.25, 0.3) is 11.8 Å². The van der Waals surface area contributed by atoms with Gasteiger partial charge in [0.2, 0.25) is 19.7 Å². The third-order valence-electron chi connectivity index (χ3n) is 9.94. The van der Waals surface area contributed by atoms with Crippen molar-refractivity contribution in [1.82, 2.24) is 35.0 Å². The lowest BCUT2D eigenvalue weighted by atomic mass is 10.2. The van der Waals surface area contributed by atoms with E-state index in [0.29, 0.717) is 10.6 Å². The van der Waals surface area contributed by atoms with Crippen LogP contribution in [0, 0.1) is 0 Å². The number of pyridine rings is 3. The molecule has 1 fully saturated rings. The normalized spacial score (nSPS) is 12.8. The Labute approximate surface area is 355 Å². The molecule has 8 aromatic rings. The van der Waals surface area contributed by atoms with Crippen LogP contribution in [0.25, 0.3) is 15.9 Å². The number of benzene rings is 3. The van der Waals surface area contributed by atoms with Crippen molar-refractivity contribution in [3.63, 3.8) is 0 Å². The quantitative estimate of drug-likeness (QED) is 0.144. The standard InChI is InChI=1S/C24H23N5O3S.C20H15N3O3S2/c30-24(19-5-8-23-26-9-12-29(23)17-19)27-14-18-3-6-21(7-4-18)33(31,32)22-13-20(15-25-16-22)28-10-1-2-11-28;24-19(20-23-17-10-11-21-13-18(17)27-20)22-12-14-6-8-16(9-7-14)28(25,26)15-4-2-1-3-5-15/h3-9,12-13,15-17H,1-2,10-11,14H2,(H,27,30);1-11,13H,12H2,(H,22,24). The number of sulfone groups is 2. The summed E-state index contributed by atoms with van der Waals surface area (Å²) in [6.45, 7) is 2.40. The van der Waals surface area contributed by atoms with E-state index in [9.17, 15) is 26.4 Å². The average molecular weight is 871 g/mol. The monoisotopic (exact) mass is 870 g/mol. The van der Waals surface area contributed by atoms with E-state index in [1.165, 1.54) is 17.5 Å². The van der Waals surface area contributed by atoms with Crippen molar-refractivity contribution in [3.8, 4) is 0 Å². The lowest BCUT2D eigenvalue weighted by molar-refractivity contribution is 0.0942. The Morgan fingerprint density at radius 1 is 0.656 bits per heavy atom. The number of fused-ring (bicyclic) bond motifs is 2. The third-order valence-corrected chi connectivity index (χ3v) is 14.5. The van der Waals surface area contributed by atoms with E-state index >= 15 is 0 Å². The number of carbonyl (C=O) groups excluding carboxylic acids is 2. The van der Waals surface area contributed by atoms with E-state index < -0.39 is 19.7 Å². The molecule has 5 aromatic heterocycles. The first-order valence-corrected chi connectivity index (χ1v) is 23.0. The van der Waals surface area contributed by atoms with Gasteiger partial charge in [-0.2, -0.15) is 0 Å². The maximum absolute atomic E-state index is 13.1. The molecule has 61 heavy (non-hydrogen) atoms. The highest BCUT2D eigenvalue weighted by atomic mass is 32.2. The third kappa shape index (κ3) is 9.33. The van der Waals surface area contributed by atoms with Gasteiger partial charge >= 0.3 is 0 Å². The summed E-state index contributed by atoms with van der Waals surface area (Å²) < 4.78 is 54.1. The van der Waals surface area contributed by atoms with Gasteiger partial charge in [-0.15, -0.1) is 11.3 Å². The maximum Gasteiger partial charge on any atom is 0.280 e. The lowest BCUT2D eigenvalue weighted by Gasteiger charge is -2.17. The molecule has 1 aliphatic heterocycles. The molecule has 0 aliphatic carbocycles. The summed E-state index contributed by atoms with van der Waals surface area (Å²) in [6.07, 6.45) is 13.8. The largest absolute Gasteiger partial charge is 0.370 e. The molecular formula is C44H38N8O6S3. The number of nitrogens with zero attached hydrogens (tertiary/aromatic N) is 6. The highest BCUT2D eigenvalue weighted by molar-refractivity contribution is 7.91. The first-order chi connectivity index (χ1) is 29.5. The number of hydrogen-bond acceptors (Lipinski definition) is 12. The van der Waals surface area contributed by atoms with Gasteiger partial charge in [-0.1, -0.05) is 42.5 Å². The van der Waals surface area contributed by atoms with Crippen LogP contribution < -0.4 is 15.5 Å². The molecule has 2 amide bonds. The van der Waals surface area contributed by atoms with Crippen molar-refractivity contribution in [3.05, 3.63) is 168 Å². The van der Waals surface area contributed by atoms with E-state index in [1.807, 2.05) is 0 Å². The van der Waals surface area contributed by atoms with E-state index in [-0.39, 0.29) is 44.5 Å². The fourth-order valence-corrected chi connectivity index (χ4v) is 9.99. The first-order valence-electron chi connectivity index (χ1n) is 19.2. The van der Waals surface area contributed by atoms with Gasteiger partial charge in [0.1, 0.15) is 5.65 Å². The van der Waals surface area contributed by atoms with Crippen LogP contribution in [0.2, 0.25) is 0 Å². The Morgan fingerprint density at radius 3 is 1.97 bits per heavy atom. The number of amides is 2. The predicted octanol–water partition coefficient (Wildman–Crippen LogP) is 6.55.